The van der Waals surface area contributed by atoms with Crippen molar-refractivity contribution in [2.75, 3.05) is 13.1 Å². The van der Waals surface area contributed by atoms with Gasteiger partial charge in [-0.15, -0.1) is 0 Å². The summed E-state index contributed by atoms with van der Waals surface area (Å²) in [5, 5.41) is 3.57. The zero-order valence-corrected chi connectivity index (χ0v) is 14.3. The summed E-state index contributed by atoms with van der Waals surface area (Å²) in [6.45, 7) is 6.86. The second-order valence-corrected chi connectivity index (χ2v) is 7.82. The van der Waals surface area contributed by atoms with Gasteiger partial charge in [-0.1, -0.05) is 29.8 Å². The van der Waals surface area contributed by atoms with Gasteiger partial charge in [0, 0.05) is 22.5 Å². The van der Waals surface area contributed by atoms with E-state index >= 15 is 0 Å². The van der Waals surface area contributed by atoms with E-state index in [0.29, 0.717) is 12.0 Å². The van der Waals surface area contributed by atoms with Gasteiger partial charge in [-0.3, -0.25) is 0 Å². The number of hydrogen-bond acceptors (Lipinski definition) is 2. The molecule has 1 aromatic carbocycles. The molecule has 2 aliphatic rings. The van der Waals surface area contributed by atoms with Gasteiger partial charge in [0.1, 0.15) is 5.82 Å². The molecule has 0 spiro atoms. The Kier molecular flexibility index (Phi) is 3.16. The molecule has 21 heavy (non-hydrogen) atoms. The van der Waals surface area contributed by atoms with Gasteiger partial charge in [-0.05, 0) is 49.9 Å². The van der Waals surface area contributed by atoms with Crippen LogP contribution >= 0.6 is 15.9 Å². The lowest BCUT2D eigenvalue weighted by Crippen LogP contribution is -2.37. The molecule has 1 aliphatic heterocycles. The normalized spacial score (nSPS) is 26.1. The monoisotopic (exact) mass is 347 g/mol. The lowest BCUT2D eigenvalue weighted by Gasteiger charge is -2.32. The van der Waals surface area contributed by atoms with E-state index in [1.165, 1.54) is 30.6 Å². The quantitative estimate of drug-likeness (QED) is 0.908. The summed E-state index contributed by atoms with van der Waals surface area (Å²) in [5.41, 5.74) is 2.63. The Bertz CT molecular complexity index is 679. The van der Waals surface area contributed by atoms with Crippen LogP contribution in [0, 0.1) is 5.92 Å². The lowest BCUT2D eigenvalue weighted by molar-refractivity contribution is 0.307. The first kappa shape index (κ1) is 13.8. The van der Waals surface area contributed by atoms with E-state index in [1.54, 1.807) is 0 Å². The molecular weight excluding hydrogens is 326 g/mol. The maximum Gasteiger partial charge on any atom is 0.117 e. The fourth-order valence-electron chi connectivity index (χ4n) is 3.78. The lowest BCUT2D eigenvalue weighted by atomic mass is 9.75. The minimum absolute atomic E-state index is 0.189. The third-order valence-electron chi connectivity index (χ3n) is 5.30. The molecule has 0 radical (unpaired) electrons. The SMILES string of the molecule is CC(C)C1(c2nc3cc(Br)ccc3n2C2CC2)CCNC1. The summed E-state index contributed by atoms with van der Waals surface area (Å²) < 4.78 is 3.67. The number of benzene rings is 1. The third-order valence-corrected chi connectivity index (χ3v) is 5.80. The molecule has 2 aromatic rings. The first-order chi connectivity index (χ1) is 10.1. The van der Waals surface area contributed by atoms with Crippen molar-refractivity contribution in [1.29, 1.82) is 0 Å². The molecule has 1 N–H and O–H groups in total. The Hall–Kier alpha value is -0.870. The summed E-state index contributed by atoms with van der Waals surface area (Å²) in [6.07, 6.45) is 3.80. The fraction of sp³-hybridized carbons (Fsp3) is 0.588. The number of rotatable bonds is 3. The average Bonchev–Trinajstić information content (AvgIpc) is 3.03. The van der Waals surface area contributed by atoms with Crippen molar-refractivity contribution in [3.05, 3.63) is 28.5 Å². The number of fused-ring (bicyclic) bond motifs is 1. The van der Waals surface area contributed by atoms with Crippen molar-refractivity contribution in [2.45, 2.75) is 44.6 Å². The second-order valence-electron chi connectivity index (χ2n) is 6.91. The highest BCUT2D eigenvalue weighted by atomic mass is 79.9. The number of hydrogen-bond donors (Lipinski definition) is 1. The zero-order chi connectivity index (χ0) is 14.6. The maximum absolute atomic E-state index is 5.10. The van der Waals surface area contributed by atoms with Crippen molar-refractivity contribution in [1.82, 2.24) is 14.9 Å². The van der Waals surface area contributed by atoms with Gasteiger partial charge in [-0.25, -0.2) is 4.98 Å². The predicted octanol–water partition coefficient (Wildman–Crippen LogP) is 4.02. The molecule has 3 nitrogen and oxygen atoms in total. The summed E-state index contributed by atoms with van der Waals surface area (Å²) >= 11 is 3.58. The Morgan fingerprint density at radius 2 is 2.19 bits per heavy atom. The molecular formula is C17H22BrN3. The zero-order valence-electron chi connectivity index (χ0n) is 12.7. The van der Waals surface area contributed by atoms with Gasteiger partial charge < -0.3 is 9.88 Å². The smallest absolute Gasteiger partial charge is 0.117 e. The van der Waals surface area contributed by atoms with Gasteiger partial charge in [0.15, 0.2) is 0 Å². The minimum Gasteiger partial charge on any atom is -0.324 e. The highest BCUT2D eigenvalue weighted by Gasteiger charge is 2.44. The van der Waals surface area contributed by atoms with Gasteiger partial charge in [0.2, 0.25) is 0 Å². The van der Waals surface area contributed by atoms with Gasteiger partial charge in [0.25, 0.3) is 0 Å². The largest absolute Gasteiger partial charge is 0.324 e. The molecule has 112 valence electrons. The van der Waals surface area contributed by atoms with Gasteiger partial charge >= 0.3 is 0 Å². The van der Waals surface area contributed by atoms with Crippen molar-refractivity contribution in [2.24, 2.45) is 5.92 Å². The Labute approximate surface area is 134 Å². The number of nitrogens with one attached hydrogen (secondary N) is 1. The van der Waals surface area contributed by atoms with Crippen LogP contribution in [0.3, 0.4) is 0 Å². The molecule has 4 rings (SSSR count). The van der Waals surface area contributed by atoms with E-state index in [0.717, 1.165) is 23.1 Å². The van der Waals surface area contributed by atoms with Crippen LogP contribution in [0.4, 0.5) is 0 Å². The van der Waals surface area contributed by atoms with Crippen LogP contribution in [0.2, 0.25) is 0 Å². The maximum atomic E-state index is 5.10. The molecule has 1 unspecified atom stereocenters. The van der Waals surface area contributed by atoms with Crippen LogP contribution in [0.25, 0.3) is 11.0 Å². The highest BCUT2D eigenvalue weighted by Crippen LogP contribution is 2.45. The predicted molar refractivity (Wildman–Crippen MR) is 89.7 cm³/mol. The molecule has 1 aromatic heterocycles. The second kappa shape index (κ2) is 4.82. The standard InChI is InChI=1S/C17H22BrN3/c1-11(2)17(7-8-19-10-17)16-20-14-9-12(18)3-6-15(14)21(16)13-4-5-13/h3,6,9,11,13,19H,4-5,7-8,10H2,1-2H3. The average molecular weight is 348 g/mol. The van der Waals surface area contributed by atoms with Crippen LogP contribution < -0.4 is 5.32 Å². The molecule has 0 bridgehead atoms. The van der Waals surface area contributed by atoms with Crippen molar-refractivity contribution >= 4 is 27.0 Å². The Morgan fingerprint density at radius 3 is 2.81 bits per heavy atom. The first-order valence-corrected chi connectivity index (χ1v) is 8.80. The van der Waals surface area contributed by atoms with E-state index in [-0.39, 0.29) is 5.41 Å². The van der Waals surface area contributed by atoms with Crippen molar-refractivity contribution in [3.63, 3.8) is 0 Å². The molecule has 1 atom stereocenters. The van der Waals surface area contributed by atoms with Gasteiger partial charge in [-0.2, -0.15) is 0 Å². The van der Waals surface area contributed by atoms with E-state index in [9.17, 15) is 0 Å². The number of imidazole rings is 1. The Balaban J connectivity index is 1.97. The van der Waals surface area contributed by atoms with Crippen LogP contribution in [-0.4, -0.2) is 22.6 Å². The molecule has 1 aliphatic carbocycles. The van der Waals surface area contributed by atoms with Gasteiger partial charge in [0.05, 0.1) is 11.0 Å². The van der Waals surface area contributed by atoms with E-state index in [1.807, 2.05) is 0 Å². The number of halogens is 1. The van der Waals surface area contributed by atoms with Crippen molar-refractivity contribution < 1.29 is 0 Å². The van der Waals surface area contributed by atoms with E-state index < -0.39 is 0 Å². The number of nitrogens with zero attached hydrogens (tertiary/aromatic N) is 2. The highest BCUT2D eigenvalue weighted by molar-refractivity contribution is 9.10. The first-order valence-electron chi connectivity index (χ1n) is 8.00. The van der Waals surface area contributed by atoms with Crippen LogP contribution in [0.1, 0.15) is 45.0 Å². The van der Waals surface area contributed by atoms with E-state index in [4.69, 9.17) is 4.98 Å². The number of aromatic nitrogens is 2. The molecule has 1 saturated heterocycles. The molecule has 1 saturated carbocycles. The summed E-state index contributed by atoms with van der Waals surface area (Å²) in [6, 6.07) is 7.20. The molecule has 2 heterocycles. The summed E-state index contributed by atoms with van der Waals surface area (Å²) in [7, 11) is 0. The minimum atomic E-state index is 0.189. The summed E-state index contributed by atoms with van der Waals surface area (Å²) in [4.78, 5) is 5.10. The molecule has 2 fully saturated rings. The summed E-state index contributed by atoms with van der Waals surface area (Å²) in [5.74, 6) is 1.92. The molecule has 0 amide bonds. The molecule has 4 heteroatoms. The third kappa shape index (κ3) is 2.07. The topological polar surface area (TPSA) is 29.9 Å². The van der Waals surface area contributed by atoms with Crippen LogP contribution in [0.15, 0.2) is 22.7 Å². The van der Waals surface area contributed by atoms with Crippen molar-refractivity contribution in [3.8, 4) is 0 Å². The van der Waals surface area contributed by atoms with Crippen LogP contribution in [0.5, 0.6) is 0 Å². The fourth-order valence-corrected chi connectivity index (χ4v) is 4.13. The van der Waals surface area contributed by atoms with Crippen LogP contribution in [-0.2, 0) is 5.41 Å². The van der Waals surface area contributed by atoms with E-state index in [2.05, 4.69) is 57.9 Å². The Morgan fingerprint density at radius 1 is 1.38 bits per heavy atom.